The lowest BCUT2D eigenvalue weighted by Crippen LogP contribution is -2.53. The van der Waals surface area contributed by atoms with E-state index in [-0.39, 0.29) is 25.7 Å². The van der Waals surface area contributed by atoms with Gasteiger partial charge in [0.05, 0.1) is 6.61 Å². The van der Waals surface area contributed by atoms with Crippen LogP contribution >= 0.6 is 0 Å². The van der Waals surface area contributed by atoms with Gasteiger partial charge in [-0.25, -0.2) is 0 Å². The third-order valence-electron chi connectivity index (χ3n) is 18.4. The summed E-state index contributed by atoms with van der Waals surface area (Å²) in [6.07, 6.45) is 65.8. The van der Waals surface area contributed by atoms with E-state index < -0.39 is 54.9 Å². The fourth-order valence-corrected chi connectivity index (χ4v) is 12.5. The van der Waals surface area contributed by atoms with E-state index in [0.29, 0.717) is 32.0 Å². The van der Waals surface area contributed by atoms with E-state index in [4.69, 9.17) is 18.9 Å². The van der Waals surface area contributed by atoms with E-state index in [1.165, 1.54) is 283 Å². The second kappa shape index (κ2) is 70.4. The molecule has 0 aromatic rings. The lowest BCUT2D eigenvalue weighted by Gasteiger charge is -2.34. The molecule has 0 saturated carbocycles. The maximum atomic E-state index is 13.9. The number of rotatable bonds is 73. The summed E-state index contributed by atoms with van der Waals surface area (Å²) in [5.41, 5.74) is 0. The second-order valence-corrected chi connectivity index (χ2v) is 27.0. The molecule has 0 aromatic heterocycles. The highest BCUT2D eigenvalue weighted by Crippen LogP contribution is 2.24. The molecule has 520 valence electrons. The molecule has 0 amide bonds. The zero-order valence-corrected chi connectivity index (χ0v) is 59.0. The number of carbonyl (C=O) groups excluding carboxylic acids is 5. The SMILES string of the molecule is CCCCCCCCCCCCCCCCCC(=O)O[C@@H]([C@H](OC(=O)CCCCCCCCCCCCCCCCC)[C@@H](CO)OC(=O)CCCCCCCCCCCCCCCCC)[C@H](C=O)OC(=O)CCCCCCCCCCCCCCCCC. The first-order valence-corrected chi connectivity index (χ1v) is 39.1. The number of aliphatic hydroxyl groups excluding tert-OH is 1. The third-order valence-corrected chi connectivity index (χ3v) is 18.4. The van der Waals surface area contributed by atoms with Gasteiger partial charge in [-0.3, -0.25) is 24.0 Å². The van der Waals surface area contributed by atoms with Crippen LogP contribution in [0.4, 0.5) is 0 Å². The molecule has 88 heavy (non-hydrogen) atoms. The average molecular weight is 1250 g/mol. The summed E-state index contributed by atoms with van der Waals surface area (Å²) in [6.45, 7) is 8.29. The van der Waals surface area contributed by atoms with Crippen LogP contribution in [-0.2, 0) is 42.9 Å². The van der Waals surface area contributed by atoms with Gasteiger partial charge >= 0.3 is 23.9 Å². The van der Waals surface area contributed by atoms with E-state index in [9.17, 15) is 29.1 Å². The standard InChI is InChI=1S/C78H148O10/c1-5-9-13-17-21-25-29-33-37-41-45-49-53-57-61-65-73(81)85-71(69-79)77(87-75(83)67-63-59-55-51-47-43-39-35-31-27-23-19-15-11-7-3)78(88-76(84)68-64-60-56-52-48-44-40-36-32-28-24-20-16-12-8-4)72(70-80)86-74(82)66-62-58-54-50-46-42-38-34-30-26-22-18-14-10-6-2/h69,71-72,77-78,80H,5-68,70H2,1-4H3/t71-,72+,77+,78+/m0/s1. The normalized spacial score (nSPS) is 12.9. The van der Waals surface area contributed by atoms with E-state index in [1.807, 2.05) is 0 Å². The highest BCUT2D eigenvalue weighted by molar-refractivity contribution is 5.75. The van der Waals surface area contributed by atoms with Gasteiger partial charge in [0.2, 0.25) is 0 Å². The molecule has 0 radical (unpaired) electrons. The predicted molar refractivity (Wildman–Crippen MR) is 371 cm³/mol. The Hall–Kier alpha value is -2.49. The molecule has 10 nitrogen and oxygen atoms in total. The molecular weight excluding hydrogens is 1100 g/mol. The number of esters is 4. The van der Waals surface area contributed by atoms with Crippen LogP contribution in [-0.4, -0.2) is 66.3 Å². The van der Waals surface area contributed by atoms with Crippen molar-refractivity contribution in [1.82, 2.24) is 0 Å². The zero-order valence-electron chi connectivity index (χ0n) is 59.0. The van der Waals surface area contributed by atoms with Gasteiger partial charge in [0.15, 0.2) is 30.7 Å². The van der Waals surface area contributed by atoms with Crippen LogP contribution in [0.3, 0.4) is 0 Å². The van der Waals surface area contributed by atoms with Gasteiger partial charge in [0.25, 0.3) is 0 Å². The number of hydrogen-bond donors (Lipinski definition) is 1. The lowest BCUT2D eigenvalue weighted by atomic mass is 10.0. The van der Waals surface area contributed by atoms with Gasteiger partial charge in [-0.1, -0.05) is 387 Å². The molecule has 0 unspecified atom stereocenters. The van der Waals surface area contributed by atoms with E-state index >= 15 is 0 Å². The van der Waals surface area contributed by atoms with Crippen molar-refractivity contribution in [1.29, 1.82) is 0 Å². The molecule has 0 rings (SSSR count). The summed E-state index contributed by atoms with van der Waals surface area (Å²) < 4.78 is 23.9. The Morgan fingerprint density at radius 2 is 0.420 bits per heavy atom. The fourth-order valence-electron chi connectivity index (χ4n) is 12.5. The van der Waals surface area contributed by atoms with Gasteiger partial charge in [-0.15, -0.1) is 0 Å². The van der Waals surface area contributed by atoms with Crippen molar-refractivity contribution >= 4 is 30.2 Å². The molecule has 0 aliphatic carbocycles. The zero-order chi connectivity index (χ0) is 64.1. The van der Waals surface area contributed by atoms with Crippen molar-refractivity contribution in [3.8, 4) is 0 Å². The summed E-state index contributed by atoms with van der Waals surface area (Å²) in [5, 5.41) is 10.9. The van der Waals surface area contributed by atoms with Crippen LogP contribution < -0.4 is 0 Å². The van der Waals surface area contributed by atoms with Crippen molar-refractivity contribution in [3.05, 3.63) is 0 Å². The average Bonchev–Trinajstić information content (AvgIpc) is 3.72. The molecule has 0 saturated heterocycles. The summed E-state index contributed by atoms with van der Waals surface area (Å²) in [5.74, 6) is -2.44. The van der Waals surface area contributed by atoms with Gasteiger partial charge in [-0.05, 0) is 25.7 Å². The first kappa shape index (κ1) is 85.5. The summed E-state index contributed by atoms with van der Waals surface area (Å²) >= 11 is 0. The monoisotopic (exact) mass is 1250 g/mol. The molecule has 0 aliphatic rings. The summed E-state index contributed by atoms with van der Waals surface area (Å²) in [4.78, 5) is 68.0. The molecule has 0 aliphatic heterocycles. The quantitative estimate of drug-likeness (QED) is 0.0271. The molecular formula is C78H148O10. The fraction of sp³-hybridized carbons (Fsp3) is 0.936. The minimum absolute atomic E-state index is 0.0516. The lowest BCUT2D eigenvalue weighted by molar-refractivity contribution is -0.202. The Bertz CT molecular complexity index is 1490. The Labute approximate surface area is 545 Å². The van der Waals surface area contributed by atoms with Gasteiger partial charge < -0.3 is 24.1 Å². The van der Waals surface area contributed by atoms with Crippen LogP contribution in [0.25, 0.3) is 0 Å². The van der Waals surface area contributed by atoms with Crippen molar-refractivity contribution in [2.24, 2.45) is 0 Å². The van der Waals surface area contributed by atoms with Crippen LogP contribution in [0, 0.1) is 0 Å². The first-order chi connectivity index (χ1) is 43.3. The Morgan fingerprint density at radius 3 is 0.614 bits per heavy atom. The van der Waals surface area contributed by atoms with Crippen molar-refractivity contribution in [2.45, 2.75) is 463 Å². The second-order valence-electron chi connectivity index (χ2n) is 27.0. The van der Waals surface area contributed by atoms with E-state index in [1.54, 1.807) is 0 Å². The first-order valence-electron chi connectivity index (χ1n) is 39.1. The van der Waals surface area contributed by atoms with Crippen molar-refractivity contribution < 1.29 is 48.0 Å². The van der Waals surface area contributed by atoms with Crippen LogP contribution in [0.2, 0.25) is 0 Å². The molecule has 10 heteroatoms. The number of ether oxygens (including phenoxy) is 4. The number of unbranched alkanes of at least 4 members (excludes halogenated alkanes) is 56. The number of hydrogen-bond acceptors (Lipinski definition) is 10. The largest absolute Gasteiger partial charge is 0.456 e. The maximum Gasteiger partial charge on any atom is 0.306 e. The van der Waals surface area contributed by atoms with Crippen LogP contribution in [0.1, 0.15) is 439 Å². The third kappa shape index (κ3) is 59.8. The number of carbonyl (C=O) groups is 5. The molecule has 0 bridgehead atoms. The highest BCUT2D eigenvalue weighted by Gasteiger charge is 2.44. The molecule has 0 aromatic carbocycles. The topological polar surface area (TPSA) is 142 Å². The Morgan fingerprint density at radius 1 is 0.250 bits per heavy atom. The molecule has 0 fully saturated rings. The minimum atomic E-state index is -1.65. The van der Waals surface area contributed by atoms with E-state index in [0.717, 1.165) is 77.0 Å². The van der Waals surface area contributed by atoms with Gasteiger partial charge in [0, 0.05) is 25.7 Å². The Balaban J connectivity index is 5.81. The number of aliphatic hydroxyl groups is 1. The maximum absolute atomic E-state index is 13.9. The molecule has 4 atom stereocenters. The highest BCUT2D eigenvalue weighted by atomic mass is 16.6. The summed E-state index contributed by atoms with van der Waals surface area (Å²) in [7, 11) is 0. The van der Waals surface area contributed by atoms with Crippen LogP contribution in [0.5, 0.6) is 0 Å². The molecule has 0 spiro atoms. The number of aldehydes is 1. The molecule has 1 N–H and O–H groups in total. The van der Waals surface area contributed by atoms with Crippen LogP contribution in [0.15, 0.2) is 0 Å². The summed E-state index contributed by atoms with van der Waals surface area (Å²) in [6, 6.07) is 0. The minimum Gasteiger partial charge on any atom is -0.456 e. The van der Waals surface area contributed by atoms with E-state index in [2.05, 4.69) is 27.7 Å². The molecule has 0 heterocycles. The smallest absolute Gasteiger partial charge is 0.306 e. The predicted octanol–water partition coefficient (Wildman–Crippen LogP) is 23.9. The van der Waals surface area contributed by atoms with Crippen molar-refractivity contribution in [2.75, 3.05) is 6.61 Å². The van der Waals surface area contributed by atoms with Crippen molar-refractivity contribution in [3.63, 3.8) is 0 Å². The van der Waals surface area contributed by atoms with Gasteiger partial charge in [-0.2, -0.15) is 0 Å². The van der Waals surface area contributed by atoms with Gasteiger partial charge in [0.1, 0.15) is 0 Å². The Kier molecular flexibility index (Phi) is 68.4.